The van der Waals surface area contributed by atoms with E-state index in [0.717, 1.165) is 19.7 Å². The summed E-state index contributed by atoms with van der Waals surface area (Å²) in [4.78, 5) is 2.22. The van der Waals surface area contributed by atoms with Gasteiger partial charge in [-0.3, -0.25) is 5.41 Å². The van der Waals surface area contributed by atoms with Crippen LogP contribution in [0, 0.1) is 5.41 Å². The first-order chi connectivity index (χ1) is 9.60. The van der Waals surface area contributed by atoms with E-state index >= 15 is 0 Å². The van der Waals surface area contributed by atoms with Crippen molar-refractivity contribution in [1.29, 1.82) is 5.41 Å². The number of nitrogens with one attached hydrogen (secondary N) is 1. The first-order valence-corrected chi connectivity index (χ1v) is 6.55. The highest BCUT2D eigenvalue weighted by atomic mass is 16.5. The van der Waals surface area contributed by atoms with Crippen molar-refractivity contribution in [3.05, 3.63) is 23.8 Å². The Morgan fingerprint density at radius 3 is 2.95 bits per heavy atom. The van der Waals surface area contributed by atoms with Crippen LogP contribution in [0.25, 0.3) is 0 Å². The monoisotopic (exact) mass is 279 g/mol. The molecule has 6 heteroatoms. The number of hydrogen-bond donors (Lipinski definition) is 2. The van der Waals surface area contributed by atoms with Crippen molar-refractivity contribution in [2.24, 2.45) is 5.73 Å². The van der Waals surface area contributed by atoms with Crippen LogP contribution >= 0.6 is 0 Å². The predicted octanol–water partition coefficient (Wildman–Crippen LogP) is 0.689. The third-order valence-electron chi connectivity index (χ3n) is 3.24. The summed E-state index contributed by atoms with van der Waals surface area (Å²) in [6.07, 6.45) is 0.0611. The molecular weight excluding hydrogens is 258 g/mol. The molecule has 110 valence electrons. The van der Waals surface area contributed by atoms with E-state index in [-0.39, 0.29) is 11.9 Å². The van der Waals surface area contributed by atoms with Gasteiger partial charge < -0.3 is 24.8 Å². The van der Waals surface area contributed by atoms with Gasteiger partial charge in [0, 0.05) is 18.7 Å². The highest BCUT2D eigenvalue weighted by Crippen LogP contribution is 2.28. The van der Waals surface area contributed by atoms with Crippen molar-refractivity contribution < 1.29 is 14.2 Å². The molecule has 3 N–H and O–H groups in total. The Labute approximate surface area is 118 Å². The third-order valence-corrected chi connectivity index (χ3v) is 3.24. The fraction of sp³-hybridized carbons (Fsp3) is 0.500. The van der Waals surface area contributed by atoms with Crippen molar-refractivity contribution >= 4 is 5.84 Å². The molecule has 0 aromatic heterocycles. The molecule has 0 bridgehead atoms. The number of morpholine rings is 1. The van der Waals surface area contributed by atoms with E-state index in [1.807, 2.05) is 0 Å². The first-order valence-electron chi connectivity index (χ1n) is 6.55. The number of nitrogens with two attached hydrogens (primary N) is 1. The van der Waals surface area contributed by atoms with Crippen LogP contribution in [0.2, 0.25) is 0 Å². The Kier molecular flexibility index (Phi) is 4.81. The number of methoxy groups -OCH3 is 1. The van der Waals surface area contributed by atoms with Gasteiger partial charge in [-0.2, -0.15) is 0 Å². The molecule has 2 rings (SSSR count). The van der Waals surface area contributed by atoms with Crippen LogP contribution in [0.5, 0.6) is 11.5 Å². The number of nitrogens with zero attached hydrogens (tertiary/aromatic N) is 1. The van der Waals surface area contributed by atoms with Crippen molar-refractivity contribution in [1.82, 2.24) is 4.90 Å². The van der Waals surface area contributed by atoms with E-state index in [9.17, 15) is 0 Å². The standard InChI is InChI=1S/C14H21N3O3/c1-17-5-6-19-11(8-17)9-20-12-4-3-10(14(15)16)7-13(12)18-2/h3-4,7,11H,5-6,8-9H2,1-2H3,(H3,15,16). The molecule has 0 amide bonds. The maximum Gasteiger partial charge on any atom is 0.161 e. The molecule has 1 fully saturated rings. The summed E-state index contributed by atoms with van der Waals surface area (Å²) in [5.41, 5.74) is 6.07. The van der Waals surface area contributed by atoms with E-state index in [4.69, 9.17) is 25.4 Å². The lowest BCUT2D eigenvalue weighted by atomic mass is 10.2. The SMILES string of the molecule is COc1cc(C(=N)N)ccc1OCC1CN(C)CCO1. The molecule has 1 aliphatic rings. The lowest BCUT2D eigenvalue weighted by Gasteiger charge is -2.30. The highest BCUT2D eigenvalue weighted by Gasteiger charge is 2.19. The number of benzene rings is 1. The predicted molar refractivity (Wildman–Crippen MR) is 76.7 cm³/mol. The number of rotatable bonds is 5. The molecule has 1 unspecified atom stereocenters. The van der Waals surface area contributed by atoms with Gasteiger partial charge in [-0.15, -0.1) is 0 Å². The molecule has 1 heterocycles. The van der Waals surface area contributed by atoms with Crippen LogP contribution in [-0.4, -0.2) is 57.3 Å². The smallest absolute Gasteiger partial charge is 0.161 e. The third kappa shape index (κ3) is 3.61. The number of ether oxygens (including phenoxy) is 3. The van der Waals surface area contributed by atoms with Gasteiger partial charge in [0.25, 0.3) is 0 Å². The topological polar surface area (TPSA) is 80.8 Å². The Balaban J connectivity index is 2.00. The Bertz CT molecular complexity index is 479. The van der Waals surface area contributed by atoms with Crippen molar-refractivity contribution in [2.45, 2.75) is 6.10 Å². The van der Waals surface area contributed by atoms with Crippen LogP contribution < -0.4 is 15.2 Å². The first kappa shape index (κ1) is 14.6. The fourth-order valence-corrected chi connectivity index (χ4v) is 2.10. The van der Waals surface area contributed by atoms with Crippen LogP contribution in [0.3, 0.4) is 0 Å². The largest absolute Gasteiger partial charge is 0.493 e. The molecule has 0 saturated carbocycles. The van der Waals surface area contributed by atoms with Gasteiger partial charge in [-0.05, 0) is 25.2 Å². The molecular formula is C14H21N3O3. The van der Waals surface area contributed by atoms with E-state index in [0.29, 0.717) is 23.7 Å². The molecule has 0 spiro atoms. The zero-order valence-electron chi connectivity index (χ0n) is 11.9. The van der Waals surface area contributed by atoms with Crippen molar-refractivity contribution in [3.8, 4) is 11.5 Å². The van der Waals surface area contributed by atoms with E-state index < -0.39 is 0 Å². The van der Waals surface area contributed by atoms with E-state index in [1.54, 1.807) is 25.3 Å². The summed E-state index contributed by atoms with van der Waals surface area (Å²) in [5, 5.41) is 7.42. The minimum Gasteiger partial charge on any atom is -0.493 e. The molecule has 1 aliphatic heterocycles. The second kappa shape index (κ2) is 6.58. The lowest BCUT2D eigenvalue weighted by Crippen LogP contribution is -2.42. The average Bonchev–Trinajstić information content (AvgIpc) is 2.45. The summed E-state index contributed by atoms with van der Waals surface area (Å²) in [6, 6.07) is 5.21. The quantitative estimate of drug-likeness (QED) is 0.612. The fourth-order valence-electron chi connectivity index (χ4n) is 2.10. The van der Waals surface area contributed by atoms with Gasteiger partial charge in [0.05, 0.1) is 13.7 Å². The lowest BCUT2D eigenvalue weighted by molar-refractivity contribution is -0.0406. The Morgan fingerprint density at radius 2 is 2.30 bits per heavy atom. The number of hydrogen-bond acceptors (Lipinski definition) is 5. The molecule has 6 nitrogen and oxygen atoms in total. The zero-order valence-corrected chi connectivity index (χ0v) is 11.9. The maximum absolute atomic E-state index is 7.42. The number of likely N-dealkylation sites (N-methyl/N-ethyl adjacent to an activating group) is 1. The van der Waals surface area contributed by atoms with E-state index in [2.05, 4.69) is 11.9 Å². The normalized spacial score (nSPS) is 19.6. The zero-order chi connectivity index (χ0) is 14.5. The molecule has 1 aromatic carbocycles. The van der Waals surface area contributed by atoms with Gasteiger partial charge in [-0.1, -0.05) is 0 Å². The minimum atomic E-state index is 0.00656. The van der Waals surface area contributed by atoms with Gasteiger partial charge >= 0.3 is 0 Å². The second-order valence-electron chi connectivity index (χ2n) is 4.85. The molecule has 1 aromatic rings. The molecule has 0 aliphatic carbocycles. The van der Waals surface area contributed by atoms with Gasteiger partial charge in [0.2, 0.25) is 0 Å². The molecule has 1 saturated heterocycles. The Morgan fingerprint density at radius 1 is 1.50 bits per heavy atom. The maximum atomic E-state index is 7.42. The molecule has 20 heavy (non-hydrogen) atoms. The van der Waals surface area contributed by atoms with Crippen molar-refractivity contribution in [2.75, 3.05) is 40.5 Å². The molecule has 1 atom stereocenters. The summed E-state index contributed by atoms with van der Waals surface area (Å²) in [6.45, 7) is 3.01. The number of nitrogen functional groups attached to an aromatic ring is 1. The van der Waals surface area contributed by atoms with Gasteiger partial charge in [-0.25, -0.2) is 0 Å². The second-order valence-corrected chi connectivity index (χ2v) is 4.85. The summed E-state index contributed by atoms with van der Waals surface area (Å²) in [7, 11) is 3.63. The minimum absolute atomic E-state index is 0.00656. The average molecular weight is 279 g/mol. The summed E-state index contributed by atoms with van der Waals surface area (Å²) < 4.78 is 16.7. The summed E-state index contributed by atoms with van der Waals surface area (Å²) >= 11 is 0. The molecule has 0 radical (unpaired) electrons. The Hall–Kier alpha value is -1.79. The van der Waals surface area contributed by atoms with Crippen LogP contribution in [0.15, 0.2) is 18.2 Å². The van der Waals surface area contributed by atoms with Crippen LogP contribution in [0.4, 0.5) is 0 Å². The van der Waals surface area contributed by atoms with Crippen LogP contribution in [0.1, 0.15) is 5.56 Å². The van der Waals surface area contributed by atoms with Crippen LogP contribution in [-0.2, 0) is 4.74 Å². The summed E-state index contributed by atoms with van der Waals surface area (Å²) in [5.74, 6) is 1.21. The van der Waals surface area contributed by atoms with E-state index in [1.165, 1.54) is 0 Å². The van der Waals surface area contributed by atoms with Gasteiger partial charge in [0.1, 0.15) is 18.5 Å². The highest BCUT2D eigenvalue weighted by molar-refractivity contribution is 5.95. The van der Waals surface area contributed by atoms with Gasteiger partial charge in [0.15, 0.2) is 11.5 Å². The van der Waals surface area contributed by atoms with Crippen molar-refractivity contribution in [3.63, 3.8) is 0 Å². The number of amidine groups is 1.